The minimum absolute atomic E-state index is 0.0354. The molecule has 0 spiro atoms. The number of amides is 2. The molecule has 0 aliphatic heterocycles. The second kappa shape index (κ2) is 6.05. The van der Waals surface area contributed by atoms with Crippen molar-refractivity contribution >= 4 is 23.6 Å². The summed E-state index contributed by atoms with van der Waals surface area (Å²) >= 11 is 5.63. The summed E-state index contributed by atoms with van der Waals surface area (Å²) in [5, 5.41) is 2.61. The number of ether oxygens (including phenoxy) is 1. The van der Waals surface area contributed by atoms with E-state index in [2.05, 4.69) is 10.1 Å². The van der Waals surface area contributed by atoms with Crippen molar-refractivity contribution < 1.29 is 18.7 Å². The summed E-state index contributed by atoms with van der Waals surface area (Å²) in [5.41, 5.74) is 4.54. The van der Waals surface area contributed by atoms with Crippen LogP contribution in [0.2, 0.25) is 5.02 Å². The number of hydrogen-bond acceptors (Lipinski definition) is 3. The smallest absolute Gasteiger partial charge is 0.404 e. The molecule has 2 amide bonds. The molecule has 17 heavy (non-hydrogen) atoms. The molecule has 0 unspecified atom stereocenters. The second-order valence-electron chi connectivity index (χ2n) is 3.05. The fourth-order valence-electron chi connectivity index (χ4n) is 1.08. The van der Waals surface area contributed by atoms with Gasteiger partial charge >= 0.3 is 6.09 Å². The van der Waals surface area contributed by atoms with Gasteiger partial charge in [-0.1, -0.05) is 11.6 Å². The van der Waals surface area contributed by atoms with Crippen molar-refractivity contribution in [2.75, 3.05) is 13.2 Å². The summed E-state index contributed by atoms with van der Waals surface area (Å²) in [7, 11) is 0. The van der Waals surface area contributed by atoms with E-state index in [1.165, 1.54) is 12.1 Å². The van der Waals surface area contributed by atoms with Crippen LogP contribution in [-0.2, 0) is 4.74 Å². The molecule has 92 valence electrons. The summed E-state index contributed by atoms with van der Waals surface area (Å²) < 4.78 is 17.6. The van der Waals surface area contributed by atoms with Crippen LogP contribution in [0.4, 0.5) is 9.18 Å². The van der Waals surface area contributed by atoms with E-state index < -0.39 is 17.8 Å². The van der Waals surface area contributed by atoms with Crippen LogP contribution in [0.3, 0.4) is 0 Å². The first-order valence-electron chi connectivity index (χ1n) is 4.66. The van der Waals surface area contributed by atoms with Crippen LogP contribution in [-0.4, -0.2) is 25.2 Å². The monoisotopic (exact) mass is 260 g/mol. The maximum absolute atomic E-state index is 13.2. The van der Waals surface area contributed by atoms with Gasteiger partial charge in [0.1, 0.15) is 12.4 Å². The molecule has 0 aliphatic rings. The molecular weight excluding hydrogens is 251 g/mol. The maximum Gasteiger partial charge on any atom is 0.404 e. The number of nitrogens with two attached hydrogens (primary N) is 1. The third-order valence-electron chi connectivity index (χ3n) is 1.80. The van der Waals surface area contributed by atoms with Crippen LogP contribution < -0.4 is 11.1 Å². The standard InChI is InChI=1S/C10H10ClFN2O3/c11-6-1-2-8(12)7(5-6)9(15)14-3-4-17-10(13)16/h1-2,5H,3-4H2,(H2,13,16)(H,14,15). The Bertz CT molecular complexity index is 440. The van der Waals surface area contributed by atoms with Gasteiger partial charge in [-0.05, 0) is 18.2 Å². The Labute approximate surface area is 102 Å². The van der Waals surface area contributed by atoms with Gasteiger partial charge in [0, 0.05) is 5.02 Å². The van der Waals surface area contributed by atoms with Gasteiger partial charge in [-0.3, -0.25) is 4.79 Å². The number of halogens is 2. The maximum atomic E-state index is 13.2. The molecule has 0 fully saturated rings. The Hall–Kier alpha value is -1.82. The third-order valence-corrected chi connectivity index (χ3v) is 2.04. The molecule has 0 heterocycles. The SMILES string of the molecule is NC(=O)OCCNC(=O)c1cc(Cl)ccc1F. The number of primary amides is 1. The highest BCUT2D eigenvalue weighted by Gasteiger charge is 2.11. The molecule has 0 atom stereocenters. The topological polar surface area (TPSA) is 81.4 Å². The molecule has 0 saturated carbocycles. The van der Waals surface area contributed by atoms with Crippen LogP contribution in [0.25, 0.3) is 0 Å². The summed E-state index contributed by atoms with van der Waals surface area (Å²) in [6.45, 7) is -0.0447. The summed E-state index contributed by atoms with van der Waals surface area (Å²) in [5.74, 6) is -1.32. The van der Waals surface area contributed by atoms with E-state index in [1.54, 1.807) is 0 Å². The van der Waals surface area contributed by atoms with Crippen LogP contribution in [0.1, 0.15) is 10.4 Å². The Morgan fingerprint density at radius 3 is 2.82 bits per heavy atom. The number of carbonyl (C=O) groups is 2. The molecule has 0 saturated heterocycles. The van der Waals surface area contributed by atoms with Crippen molar-refractivity contribution in [1.82, 2.24) is 5.32 Å². The molecule has 0 radical (unpaired) electrons. The Morgan fingerprint density at radius 1 is 1.47 bits per heavy atom. The summed E-state index contributed by atoms with van der Waals surface area (Å²) in [6.07, 6.45) is -0.937. The highest BCUT2D eigenvalue weighted by molar-refractivity contribution is 6.30. The van der Waals surface area contributed by atoms with Gasteiger partial charge in [0.05, 0.1) is 12.1 Å². The lowest BCUT2D eigenvalue weighted by Crippen LogP contribution is -2.29. The Morgan fingerprint density at radius 2 is 2.18 bits per heavy atom. The fourth-order valence-corrected chi connectivity index (χ4v) is 1.26. The fraction of sp³-hybridized carbons (Fsp3) is 0.200. The molecule has 0 aliphatic carbocycles. The van der Waals surface area contributed by atoms with E-state index in [0.29, 0.717) is 0 Å². The lowest BCUT2D eigenvalue weighted by atomic mass is 10.2. The van der Waals surface area contributed by atoms with Gasteiger partial charge in [-0.2, -0.15) is 0 Å². The first kappa shape index (κ1) is 13.2. The van der Waals surface area contributed by atoms with Crippen molar-refractivity contribution in [2.24, 2.45) is 5.73 Å². The van der Waals surface area contributed by atoms with Gasteiger partial charge < -0.3 is 15.8 Å². The van der Waals surface area contributed by atoms with Gasteiger partial charge in [0.25, 0.3) is 5.91 Å². The van der Waals surface area contributed by atoms with Crippen LogP contribution >= 0.6 is 11.6 Å². The molecule has 3 N–H and O–H groups in total. The van der Waals surface area contributed by atoms with E-state index in [0.717, 1.165) is 6.07 Å². The number of rotatable bonds is 4. The largest absolute Gasteiger partial charge is 0.448 e. The molecule has 1 aromatic carbocycles. The van der Waals surface area contributed by atoms with Crippen LogP contribution in [0.15, 0.2) is 18.2 Å². The van der Waals surface area contributed by atoms with E-state index in [-0.39, 0.29) is 23.7 Å². The highest BCUT2D eigenvalue weighted by atomic mass is 35.5. The zero-order valence-corrected chi connectivity index (χ0v) is 9.46. The lowest BCUT2D eigenvalue weighted by Gasteiger charge is -2.06. The second-order valence-corrected chi connectivity index (χ2v) is 3.48. The third kappa shape index (κ3) is 4.28. The average molecular weight is 261 g/mol. The van der Waals surface area contributed by atoms with Crippen LogP contribution in [0, 0.1) is 5.82 Å². The summed E-state index contributed by atoms with van der Waals surface area (Å²) in [4.78, 5) is 21.7. The number of hydrogen-bond donors (Lipinski definition) is 2. The minimum Gasteiger partial charge on any atom is -0.448 e. The van der Waals surface area contributed by atoms with E-state index in [1.807, 2.05) is 0 Å². The van der Waals surface area contributed by atoms with Gasteiger partial charge in [0.2, 0.25) is 0 Å². The predicted molar refractivity (Wildman–Crippen MR) is 59.3 cm³/mol. The Kier molecular flexibility index (Phi) is 4.71. The van der Waals surface area contributed by atoms with Gasteiger partial charge in [-0.25, -0.2) is 9.18 Å². The van der Waals surface area contributed by atoms with Crippen molar-refractivity contribution in [3.8, 4) is 0 Å². The van der Waals surface area contributed by atoms with Crippen molar-refractivity contribution in [3.05, 3.63) is 34.6 Å². The van der Waals surface area contributed by atoms with Gasteiger partial charge in [-0.15, -0.1) is 0 Å². The molecular formula is C10H10ClFN2O3. The number of carbonyl (C=O) groups excluding carboxylic acids is 2. The first-order valence-corrected chi connectivity index (χ1v) is 5.04. The number of nitrogens with one attached hydrogen (secondary N) is 1. The lowest BCUT2D eigenvalue weighted by molar-refractivity contribution is 0.0933. The minimum atomic E-state index is -0.937. The van der Waals surface area contributed by atoms with Gasteiger partial charge in [0.15, 0.2) is 0 Å². The van der Waals surface area contributed by atoms with E-state index >= 15 is 0 Å². The molecule has 0 bridgehead atoms. The molecule has 7 heteroatoms. The molecule has 1 aromatic rings. The molecule has 5 nitrogen and oxygen atoms in total. The zero-order valence-electron chi connectivity index (χ0n) is 8.70. The number of benzene rings is 1. The quantitative estimate of drug-likeness (QED) is 0.801. The molecule has 0 aromatic heterocycles. The van der Waals surface area contributed by atoms with Crippen LogP contribution in [0.5, 0.6) is 0 Å². The first-order chi connectivity index (χ1) is 8.00. The van der Waals surface area contributed by atoms with E-state index in [4.69, 9.17) is 17.3 Å². The van der Waals surface area contributed by atoms with Crippen molar-refractivity contribution in [3.63, 3.8) is 0 Å². The highest BCUT2D eigenvalue weighted by Crippen LogP contribution is 2.14. The zero-order chi connectivity index (χ0) is 12.8. The average Bonchev–Trinajstić information content (AvgIpc) is 2.27. The molecule has 1 rings (SSSR count). The van der Waals surface area contributed by atoms with E-state index in [9.17, 15) is 14.0 Å². The normalized spacial score (nSPS) is 9.76. The van der Waals surface area contributed by atoms with Crippen molar-refractivity contribution in [2.45, 2.75) is 0 Å². The predicted octanol–water partition coefficient (Wildman–Crippen LogP) is 1.30. The Balaban J connectivity index is 2.52. The van der Waals surface area contributed by atoms with Crippen molar-refractivity contribution in [1.29, 1.82) is 0 Å². The summed E-state index contributed by atoms with van der Waals surface area (Å²) in [6, 6.07) is 3.64.